The fourth-order valence-electron chi connectivity index (χ4n) is 3.85. The van der Waals surface area contributed by atoms with Gasteiger partial charge < -0.3 is 9.88 Å². The Morgan fingerprint density at radius 3 is 2.32 bits per heavy atom. The quantitative estimate of drug-likeness (QED) is 0.433. The first kappa shape index (κ1) is 21.3. The van der Waals surface area contributed by atoms with Gasteiger partial charge in [0.1, 0.15) is 22.8 Å². The molecule has 5 rings (SSSR count). The van der Waals surface area contributed by atoms with Crippen molar-refractivity contribution in [3.63, 3.8) is 0 Å². The minimum Gasteiger partial charge on any atom is -0.324 e. The van der Waals surface area contributed by atoms with Gasteiger partial charge in [0.05, 0.1) is 11.4 Å². The van der Waals surface area contributed by atoms with E-state index in [-0.39, 0.29) is 0 Å². The summed E-state index contributed by atoms with van der Waals surface area (Å²) in [5.74, 6) is -0.294. The van der Waals surface area contributed by atoms with Crippen molar-refractivity contribution in [3.05, 3.63) is 101 Å². The molecule has 9 heteroatoms. The first-order chi connectivity index (χ1) is 16.4. The number of hydrogen-bond acceptors (Lipinski definition) is 4. The molecular formula is C25H21FN6O2. The summed E-state index contributed by atoms with van der Waals surface area (Å²) in [6.07, 6.45) is 3.67. The smallest absolute Gasteiger partial charge is 0.280 e. The molecule has 2 aromatic carbocycles. The zero-order valence-corrected chi connectivity index (χ0v) is 18.5. The molecule has 34 heavy (non-hydrogen) atoms. The summed E-state index contributed by atoms with van der Waals surface area (Å²) in [4.78, 5) is 26.6. The van der Waals surface area contributed by atoms with Crippen LogP contribution in [0.25, 0.3) is 22.4 Å². The van der Waals surface area contributed by atoms with E-state index in [0.29, 0.717) is 28.1 Å². The van der Waals surface area contributed by atoms with Crippen LogP contribution in [-0.2, 0) is 4.79 Å². The third-order valence-corrected chi connectivity index (χ3v) is 5.59. The third kappa shape index (κ3) is 3.66. The minimum absolute atomic E-state index is 0.356. The van der Waals surface area contributed by atoms with Crippen molar-refractivity contribution in [1.29, 1.82) is 0 Å². The molecule has 8 nitrogen and oxygen atoms in total. The number of carbonyl (C=O) groups excluding carboxylic acids is 1. The molecule has 0 aliphatic carbocycles. The Bertz CT molecular complexity index is 1540. The van der Waals surface area contributed by atoms with Crippen molar-refractivity contribution >= 4 is 22.5 Å². The van der Waals surface area contributed by atoms with E-state index >= 15 is 0 Å². The number of hydrogen-bond donors (Lipinski definition) is 1. The Morgan fingerprint density at radius 2 is 1.65 bits per heavy atom. The lowest BCUT2D eigenvalue weighted by molar-refractivity contribution is -0.119. The van der Waals surface area contributed by atoms with Crippen molar-refractivity contribution in [3.8, 4) is 11.5 Å². The first-order valence-electron chi connectivity index (χ1n) is 10.7. The summed E-state index contributed by atoms with van der Waals surface area (Å²) in [6.45, 7) is 3.35. The second-order valence-electron chi connectivity index (χ2n) is 7.89. The number of para-hydroxylation sites is 1. The lowest BCUT2D eigenvalue weighted by atomic mass is 10.2. The Morgan fingerprint density at radius 1 is 0.971 bits per heavy atom. The van der Waals surface area contributed by atoms with Gasteiger partial charge in [-0.25, -0.2) is 13.8 Å². The van der Waals surface area contributed by atoms with E-state index in [1.165, 1.54) is 28.9 Å². The van der Waals surface area contributed by atoms with E-state index in [1.807, 2.05) is 59.4 Å². The van der Waals surface area contributed by atoms with Crippen LogP contribution in [-0.4, -0.2) is 30.0 Å². The summed E-state index contributed by atoms with van der Waals surface area (Å²) in [7, 11) is 0. The highest BCUT2D eigenvalue weighted by Gasteiger charge is 2.25. The van der Waals surface area contributed by atoms with Gasteiger partial charge in [0, 0.05) is 18.1 Å². The fraction of sp³-hybridized carbons (Fsp3) is 0.120. The molecule has 0 saturated carbocycles. The molecule has 0 fully saturated rings. The molecule has 1 unspecified atom stereocenters. The number of carbonyl (C=O) groups is 1. The lowest BCUT2D eigenvalue weighted by Gasteiger charge is -2.15. The number of anilines is 1. The summed E-state index contributed by atoms with van der Waals surface area (Å²) < 4.78 is 17.9. The van der Waals surface area contributed by atoms with Crippen LogP contribution >= 0.6 is 0 Å². The number of halogens is 1. The van der Waals surface area contributed by atoms with Crippen LogP contribution in [0.2, 0.25) is 0 Å². The van der Waals surface area contributed by atoms with Gasteiger partial charge in [-0.2, -0.15) is 10.2 Å². The summed E-state index contributed by atoms with van der Waals surface area (Å²) in [5, 5.41) is 12.2. The minimum atomic E-state index is -0.918. The number of amides is 1. The fourth-order valence-corrected chi connectivity index (χ4v) is 3.85. The molecule has 170 valence electrons. The highest BCUT2D eigenvalue weighted by molar-refractivity contribution is 5.94. The number of aryl methyl sites for hydroxylation is 1. The standard InChI is InChI=1S/C25H21FN6O2/c1-16-22-21(24(30-14-6-7-15-30)32(29-22)20-8-4-3-5-9-20)25(34)31(28-16)17(2)23(33)27-19-12-10-18(26)11-13-19/h3-15,17H,1-2H3,(H,27,33). The van der Waals surface area contributed by atoms with Crippen LogP contribution in [0, 0.1) is 12.7 Å². The van der Waals surface area contributed by atoms with Gasteiger partial charge in [-0.1, -0.05) is 18.2 Å². The van der Waals surface area contributed by atoms with Crippen LogP contribution in [0.3, 0.4) is 0 Å². The number of fused-ring (bicyclic) bond motifs is 1. The van der Waals surface area contributed by atoms with Crippen LogP contribution in [0.15, 0.2) is 83.9 Å². The molecule has 0 saturated heterocycles. The highest BCUT2D eigenvalue weighted by Crippen LogP contribution is 2.25. The monoisotopic (exact) mass is 456 g/mol. The molecule has 5 aromatic rings. The predicted octanol–water partition coefficient (Wildman–Crippen LogP) is 4.02. The summed E-state index contributed by atoms with van der Waals surface area (Å²) in [5.41, 5.74) is 1.75. The molecule has 0 bridgehead atoms. The largest absolute Gasteiger partial charge is 0.324 e. The first-order valence-corrected chi connectivity index (χ1v) is 10.7. The number of benzene rings is 2. The van der Waals surface area contributed by atoms with Crippen molar-refractivity contribution in [2.75, 3.05) is 5.32 Å². The number of rotatable bonds is 5. The average molecular weight is 456 g/mol. The third-order valence-electron chi connectivity index (χ3n) is 5.59. The molecule has 0 aliphatic heterocycles. The van der Waals surface area contributed by atoms with Crippen molar-refractivity contribution in [2.24, 2.45) is 0 Å². The number of aromatic nitrogens is 5. The van der Waals surface area contributed by atoms with Gasteiger partial charge in [0.15, 0.2) is 5.82 Å². The van der Waals surface area contributed by atoms with Crippen molar-refractivity contribution in [2.45, 2.75) is 19.9 Å². The molecule has 0 spiro atoms. The second kappa shape index (κ2) is 8.43. The predicted molar refractivity (Wildman–Crippen MR) is 127 cm³/mol. The van der Waals surface area contributed by atoms with E-state index < -0.39 is 23.3 Å². The lowest BCUT2D eigenvalue weighted by Crippen LogP contribution is -2.34. The van der Waals surface area contributed by atoms with Crippen LogP contribution in [0.4, 0.5) is 10.1 Å². The molecule has 0 radical (unpaired) electrons. The van der Waals surface area contributed by atoms with E-state index in [0.717, 1.165) is 5.69 Å². The maximum Gasteiger partial charge on any atom is 0.280 e. The Labute approximate surface area is 193 Å². The van der Waals surface area contributed by atoms with E-state index in [1.54, 1.807) is 18.5 Å². The summed E-state index contributed by atoms with van der Waals surface area (Å²) in [6, 6.07) is 17.7. The van der Waals surface area contributed by atoms with Crippen LogP contribution < -0.4 is 10.9 Å². The van der Waals surface area contributed by atoms with Gasteiger partial charge in [-0.3, -0.25) is 9.59 Å². The maximum absolute atomic E-state index is 13.7. The Kier molecular flexibility index (Phi) is 5.29. The molecular weight excluding hydrogens is 435 g/mol. The molecule has 1 atom stereocenters. The maximum atomic E-state index is 13.7. The SMILES string of the molecule is Cc1nn(C(C)C(=O)Nc2ccc(F)cc2)c(=O)c2c(-n3cccc3)n(-c3ccccc3)nc12. The molecule has 3 aromatic heterocycles. The van der Waals surface area contributed by atoms with E-state index in [9.17, 15) is 14.0 Å². The molecule has 0 aliphatic rings. The molecule has 1 N–H and O–H groups in total. The van der Waals surface area contributed by atoms with Crippen molar-refractivity contribution in [1.82, 2.24) is 24.1 Å². The second-order valence-corrected chi connectivity index (χ2v) is 7.89. The molecule has 3 heterocycles. The van der Waals surface area contributed by atoms with Crippen molar-refractivity contribution < 1.29 is 9.18 Å². The topological polar surface area (TPSA) is 86.7 Å². The van der Waals surface area contributed by atoms with E-state index in [4.69, 9.17) is 5.10 Å². The average Bonchev–Trinajstić information content (AvgIpc) is 3.51. The van der Waals surface area contributed by atoms with Crippen LogP contribution in [0.1, 0.15) is 18.7 Å². The van der Waals surface area contributed by atoms with Crippen LogP contribution in [0.5, 0.6) is 0 Å². The van der Waals surface area contributed by atoms with E-state index in [2.05, 4.69) is 10.4 Å². The molecule has 1 amide bonds. The van der Waals surface area contributed by atoms with Gasteiger partial charge >= 0.3 is 0 Å². The number of nitrogens with one attached hydrogen (secondary N) is 1. The zero-order valence-electron chi connectivity index (χ0n) is 18.5. The Hall–Kier alpha value is -4.53. The van der Waals surface area contributed by atoms with Gasteiger partial charge in [-0.05, 0) is 62.4 Å². The van der Waals surface area contributed by atoms with Gasteiger partial charge in [-0.15, -0.1) is 0 Å². The summed E-state index contributed by atoms with van der Waals surface area (Å²) >= 11 is 0. The number of nitrogens with zero attached hydrogens (tertiary/aromatic N) is 5. The normalized spacial score (nSPS) is 12.1. The Balaban J connectivity index is 1.66. The van der Waals surface area contributed by atoms with Gasteiger partial charge in [0.2, 0.25) is 5.91 Å². The zero-order chi connectivity index (χ0) is 23.8. The van der Waals surface area contributed by atoms with Gasteiger partial charge in [0.25, 0.3) is 5.56 Å². The highest BCUT2D eigenvalue weighted by atomic mass is 19.1.